The zero-order chi connectivity index (χ0) is 19.4. The Kier molecular flexibility index (Phi) is 4.51. The first-order valence-corrected chi connectivity index (χ1v) is 10.8. The second-order valence-corrected chi connectivity index (χ2v) is 9.68. The third-order valence-corrected chi connectivity index (χ3v) is 7.95. The number of rotatable bonds is 5. The van der Waals surface area contributed by atoms with Gasteiger partial charge < -0.3 is 14.8 Å². The maximum atomic E-state index is 13.0. The molecule has 2 heterocycles. The molecule has 5 heteroatoms. The topological polar surface area (TPSA) is 50.9 Å². The van der Waals surface area contributed by atoms with Crippen LogP contribution < -0.4 is 5.32 Å². The van der Waals surface area contributed by atoms with Crippen LogP contribution in [-0.2, 0) is 20.7 Å². The van der Waals surface area contributed by atoms with Gasteiger partial charge in [0.15, 0.2) is 0 Å². The summed E-state index contributed by atoms with van der Waals surface area (Å²) >= 11 is 0. The van der Waals surface area contributed by atoms with E-state index in [-0.39, 0.29) is 34.8 Å². The molecule has 0 bridgehead atoms. The number of carbonyl (C=O) groups is 1. The fourth-order valence-corrected chi connectivity index (χ4v) is 6.33. The van der Waals surface area contributed by atoms with Gasteiger partial charge in [0, 0.05) is 12.5 Å². The van der Waals surface area contributed by atoms with E-state index in [0.717, 1.165) is 38.0 Å². The third-order valence-electron chi connectivity index (χ3n) is 7.95. The number of carbonyl (C=O) groups excluding carboxylic acids is 1. The summed E-state index contributed by atoms with van der Waals surface area (Å²) in [5, 5.41) is 3.45. The summed E-state index contributed by atoms with van der Waals surface area (Å²) in [7, 11) is 0. The van der Waals surface area contributed by atoms with Crippen molar-refractivity contribution in [3.63, 3.8) is 0 Å². The third kappa shape index (κ3) is 3.17. The van der Waals surface area contributed by atoms with E-state index in [2.05, 4.69) is 12.2 Å². The van der Waals surface area contributed by atoms with E-state index < -0.39 is 0 Å². The van der Waals surface area contributed by atoms with Crippen molar-refractivity contribution < 1.29 is 18.7 Å². The number of hydrogen-bond acceptors (Lipinski definition) is 4. The van der Waals surface area contributed by atoms with Gasteiger partial charge in [0.1, 0.15) is 11.9 Å². The van der Waals surface area contributed by atoms with Crippen molar-refractivity contribution >= 4 is 5.97 Å². The Morgan fingerprint density at radius 3 is 2.79 bits per heavy atom. The van der Waals surface area contributed by atoms with E-state index in [1.54, 1.807) is 0 Å². The van der Waals surface area contributed by atoms with Crippen molar-refractivity contribution in [3.8, 4) is 0 Å². The number of esters is 1. The molecule has 2 saturated heterocycles. The van der Waals surface area contributed by atoms with E-state index in [4.69, 9.17) is 9.47 Å². The number of fused-ring (bicyclic) bond motifs is 3. The first-order valence-electron chi connectivity index (χ1n) is 10.8. The van der Waals surface area contributed by atoms with Crippen molar-refractivity contribution in [1.82, 2.24) is 5.32 Å². The van der Waals surface area contributed by atoms with Crippen LogP contribution in [0.5, 0.6) is 0 Å². The zero-order valence-corrected chi connectivity index (χ0v) is 16.6. The van der Waals surface area contributed by atoms with E-state index in [9.17, 15) is 9.18 Å². The van der Waals surface area contributed by atoms with Gasteiger partial charge in [-0.25, -0.2) is 4.39 Å². The Bertz CT molecular complexity index is 747. The molecule has 2 saturated carbocycles. The highest BCUT2D eigenvalue weighted by Crippen LogP contribution is 2.62. The van der Waals surface area contributed by atoms with Gasteiger partial charge in [-0.05, 0) is 74.1 Å². The van der Waals surface area contributed by atoms with Crippen molar-refractivity contribution in [2.75, 3.05) is 19.7 Å². The number of epoxide rings is 1. The van der Waals surface area contributed by atoms with Crippen molar-refractivity contribution in [2.24, 2.45) is 23.2 Å². The molecule has 0 radical (unpaired) electrons. The predicted molar refractivity (Wildman–Crippen MR) is 103 cm³/mol. The van der Waals surface area contributed by atoms with Gasteiger partial charge in [-0.1, -0.05) is 19.1 Å². The average Bonchev–Trinajstić information content (AvgIpc) is 3.36. The van der Waals surface area contributed by atoms with E-state index in [0.29, 0.717) is 18.4 Å². The Morgan fingerprint density at radius 1 is 1.25 bits per heavy atom. The number of benzene rings is 1. The summed E-state index contributed by atoms with van der Waals surface area (Å²) in [5.74, 6) is 0.577. The SMILES string of the molecule is C[C@]12CCC[C@]3(CO3)[C@@H]1C[C@H]1[C@H](CNCCc3ccc(F)cc3)C(=O)O[C@@H]1C2. The first-order chi connectivity index (χ1) is 13.5. The Morgan fingerprint density at radius 2 is 2.04 bits per heavy atom. The molecule has 5 rings (SSSR count). The van der Waals surface area contributed by atoms with Crippen LogP contribution in [0.1, 0.15) is 44.6 Å². The van der Waals surface area contributed by atoms with Gasteiger partial charge in [-0.2, -0.15) is 0 Å². The minimum Gasteiger partial charge on any atom is -0.462 e. The lowest BCUT2D eigenvalue weighted by atomic mass is 9.53. The van der Waals surface area contributed by atoms with Crippen LogP contribution in [0.3, 0.4) is 0 Å². The van der Waals surface area contributed by atoms with E-state index >= 15 is 0 Å². The molecular formula is C23H30FNO3. The quantitative estimate of drug-likeness (QED) is 0.477. The van der Waals surface area contributed by atoms with Gasteiger partial charge in [0.05, 0.1) is 18.1 Å². The zero-order valence-electron chi connectivity index (χ0n) is 16.6. The normalized spacial score (nSPS) is 41.4. The molecule has 4 fully saturated rings. The number of hydrogen-bond donors (Lipinski definition) is 1. The lowest BCUT2D eigenvalue weighted by Crippen LogP contribution is -2.51. The van der Waals surface area contributed by atoms with Crippen LogP contribution in [0, 0.1) is 29.0 Å². The minimum absolute atomic E-state index is 0.0303. The molecule has 0 amide bonds. The summed E-state index contributed by atoms with van der Waals surface area (Å²) in [5.41, 5.74) is 1.45. The van der Waals surface area contributed by atoms with Gasteiger partial charge in [0.2, 0.25) is 0 Å². The number of halogens is 1. The summed E-state index contributed by atoms with van der Waals surface area (Å²) < 4.78 is 24.8. The van der Waals surface area contributed by atoms with Crippen molar-refractivity contribution in [1.29, 1.82) is 0 Å². The molecule has 4 nitrogen and oxygen atoms in total. The molecule has 1 aromatic carbocycles. The van der Waals surface area contributed by atoms with Crippen LogP contribution in [0.15, 0.2) is 24.3 Å². The minimum atomic E-state index is -0.208. The smallest absolute Gasteiger partial charge is 0.310 e. The fourth-order valence-electron chi connectivity index (χ4n) is 6.33. The standard InChI is InChI=1S/C23H30FNO3/c1-22-8-2-9-23(14-27-23)20(22)11-17-18(21(26)28-19(17)12-22)13-25-10-7-15-3-5-16(24)6-4-15/h3-6,17-20,25H,2,7-14H2,1H3/t17-,18-,19+,20+,22+,23-/m0/s1. The average molecular weight is 387 g/mol. The molecule has 2 aliphatic carbocycles. The van der Waals surface area contributed by atoms with Crippen LogP contribution in [0.2, 0.25) is 0 Å². The lowest BCUT2D eigenvalue weighted by Gasteiger charge is -2.51. The van der Waals surface area contributed by atoms with Gasteiger partial charge >= 0.3 is 5.97 Å². The Hall–Kier alpha value is -1.46. The van der Waals surface area contributed by atoms with Crippen molar-refractivity contribution in [3.05, 3.63) is 35.6 Å². The van der Waals surface area contributed by atoms with Gasteiger partial charge in [-0.15, -0.1) is 0 Å². The summed E-state index contributed by atoms with van der Waals surface area (Å²) in [6, 6.07) is 6.62. The molecule has 2 aliphatic heterocycles. The summed E-state index contributed by atoms with van der Waals surface area (Å²) in [6.45, 7) is 4.73. The number of nitrogens with one attached hydrogen (secondary N) is 1. The number of ether oxygens (including phenoxy) is 2. The lowest BCUT2D eigenvalue weighted by molar-refractivity contribution is -0.147. The van der Waals surface area contributed by atoms with E-state index in [1.807, 2.05) is 12.1 Å². The molecule has 4 aliphatic rings. The highest BCUT2D eigenvalue weighted by atomic mass is 19.1. The Labute approximate surface area is 166 Å². The molecule has 0 aromatic heterocycles. The molecule has 1 aromatic rings. The predicted octanol–water partition coefficient (Wildman–Crippen LogP) is 3.48. The van der Waals surface area contributed by atoms with Crippen LogP contribution in [0.25, 0.3) is 0 Å². The molecule has 28 heavy (non-hydrogen) atoms. The highest BCUT2D eigenvalue weighted by molar-refractivity contribution is 5.75. The highest BCUT2D eigenvalue weighted by Gasteiger charge is 2.64. The second-order valence-electron chi connectivity index (χ2n) is 9.68. The van der Waals surface area contributed by atoms with Gasteiger partial charge in [0.25, 0.3) is 0 Å². The maximum absolute atomic E-state index is 13.0. The second kappa shape index (κ2) is 6.81. The Balaban J connectivity index is 1.20. The fraction of sp³-hybridized carbons (Fsp3) is 0.696. The molecule has 0 unspecified atom stereocenters. The van der Waals surface area contributed by atoms with Crippen LogP contribution in [-0.4, -0.2) is 37.4 Å². The molecular weight excluding hydrogens is 357 g/mol. The summed E-state index contributed by atoms with van der Waals surface area (Å²) in [6.07, 6.45) is 6.58. The summed E-state index contributed by atoms with van der Waals surface area (Å²) in [4.78, 5) is 12.6. The van der Waals surface area contributed by atoms with E-state index in [1.165, 1.54) is 31.4 Å². The molecule has 152 valence electrons. The monoisotopic (exact) mass is 387 g/mol. The maximum Gasteiger partial charge on any atom is 0.310 e. The van der Waals surface area contributed by atoms with Crippen molar-refractivity contribution in [2.45, 2.75) is 57.2 Å². The largest absolute Gasteiger partial charge is 0.462 e. The first kappa shape index (κ1) is 18.6. The van der Waals surface area contributed by atoms with Crippen LogP contribution in [0.4, 0.5) is 4.39 Å². The molecule has 1 N–H and O–H groups in total. The molecule has 1 spiro atoms. The van der Waals surface area contributed by atoms with Gasteiger partial charge in [-0.3, -0.25) is 4.79 Å². The van der Waals surface area contributed by atoms with Crippen LogP contribution >= 0.6 is 0 Å². The molecule has 6 atom stereocenters.